The minimum atomic E-state index is -0.520. The summed E-state index contributed by atoms with van der Waals surface area (Å²) in [5, 5.41) is 2.74. The molecule has 1 N–H and O–H groups in total. The molecule has 0 spiro atoms. The molecule has 1 aromatic rings. The summed E-state index contributed by atoms with van der Waals surface area (Å²) in [5.74, 6) is -0.716. The number of rotatable bonds is 6. The van der Waals surface area contributed by atoms with Crippen molar-refractivity contribution in [1.82, 2.24) is 10.2 Å². The monoisotopic (exact) mass is 281 g/mol. The van der Waals surface area contributed by atoms with E-state index >= 15 is 0 Å². The predicted molar refractivity (Wildman–Crippen MR) is 71.0 cm³/mol. The molecule has 1 heterocycles. The lowest BCUT2D eigenvalue weighted by Crippen LogP contribution is -2.42. The van der Waals surface area contributed by atoms with Crippen LogP contribution in [0.15, 0.2) is 18.2 Å². The summed E-state index contributed by atoms with van der Waals surface area (Å²) >= 11 is 0. The highest BCUT2D eigenvalue weighted by atomic mass is 19.1. The number of morpholine rings is 1. The van der Waals surface area contributed by atoms with Crippen LogP contribution in [0.5, 0.6) is 5.75 Å². The first-order valence-electron chi connectivity index (χ1n) is 6.61. The summed E-state index contributed by atoms with van der Waals surface area (Å²) in [6, 6.07) is 6.74. The molecule has 6 heteroatoms. The van der Waals surface area contributed by atoms with Crippen molar-refractivity contribution in [3.63, 3.8) is 0 Å². The molecular formula is C14H18FN2O3. The molecule has 5 nitrogen and oxygen atoms in total. The van der Waals surface area contributed by atoms with Crippen LogP contribution in [-0.4, -0.2) is 56.8 Å². The Labute approximate surface area is 117 Å². The highest BCUT2D eigenvalue weighted by Gasteiger charge is 2.10. The van der Waals surface area contributed by atoms with Gasteiger partial charge in [-0.3, -0.25) is 9.69 Å². The molecule has 0 atom stereocenters. The van der Waals surface area contributed by atoms with Gasteiger partial charge in [0.1, 0.15) is 0 Å². The standard InChI is InChI=1S/C14H18FN2O3/c15-12-3-1-2-4-13(12)20-11-14(18)16-5-6-17-7-9-19-10-8-17/h2-4H,5-11H2,(H,16,18). The Bertz CT molecular complexity index is 436. The Morgan fingerprint density at radius 1 is 1.50 bits per heavy atom. The Morgan fingerprint density at radius 3 is 3.05 bits per heavy atom. The van der Waals surface area contributed by atoms with Gasteiger partial charge in [-0.05, 0) is 18.2 Å². The Balaban J connectivity index is 1.62. The molecule has 1 fully saturated rings. The van der Waals surface area contributed by atoms with Crippen molar-refractivity contribution in [1.29, 1.82) is 0 Å². The maximum Gasteiger partial charge on any atom is 0.257 e. The summed E-state index contributed by atoms with van der Waals surface area (Å²) in [5.41, 5.74) is 0. The molecule has 1 aliphatic heterocycles. The average Bonchev–Trinajstić information content (AvgIpc) is 2.47. The van der Waals surface area contributed by atoms with Crippen molar-refractivity contribution < 1.29 is 18.7 Å². The second-order valence-corrected chi connectivity index (χ2v) is 4.45. The van der Waals surface area contributed by atoms with Gasteiger partial charge >= 0.3 is 0 Å². The van der Waals surface area contributed by atoms with Gasteiger partial charge in [-0.25, -0.2) is 4.39 Å². The summed E-state index contributed by atoms with van der Waals surface area (Å²) < 4.78 is 23.6. The smallest absolute Gasteiger partial charge is 0.257 e. The summed E-state index contributed by atoms with van der Waals surface area (Å²) in [4.78, 5) is 13.8. The van der Waals surface area contributed by atoms with Gasteiger partial charge in [0.2, 0.25) is 0 Å². The molecule has 0 saturated carbocycles. The summed E-state index contributed by atoms with van der Waals surface area (Å²) in [6.07, 6.45) is 0. The Hall–Kier alpha value is -1.66. The zero-order valence-electron chi connectivity index (χ0n) is 11.2. The lowest BCUT2D eigenvalue weighted by Gasteiger charge is -2.26. The van der Waals surface area contributed by atoms with E-state index in [4.69, 9.17) is 9.47 Å². The molecule has 1 saturated heterocycles. The molecule has 0 aromatic heterocycles. The first-order chi connectivity index (χ1) is 9.75. The minimum absolute atomic E-state index is 0.0621. The second-order valence-electron chi connectivity index (χ2n) is 4.45. The number of hydrogen-bond acceptors (Lipinski definition) is 4. The van der Waals surface area contributed by atoms with E-state index in [0.717, 1.165) is 32.8 Å². The number of carbonyl (C=O) groups is 1. The fourth-order valence-corrected chi connectivity index (χ4v) is 1.89. The van der Waals surface area contributed by atoms with Crippen LogP contribution in [-0.2, 0) is 9.53 Å². The highest BCUT2D eigenvalue weighted by molar-refractivity contribution is 5.77. The molecule has 20 heavy (non-hydrogen) atoms. The van der Waals surface area contributed by atoms with Crippen molar-refractivity contribution in [3.05, 3.63) is 30.1 Å². The van der Waals surface area contributed by atoms with Crippen molar-refractivity contribution in [2.75, 3.05) is 46.0 Å². The van der Waals surface area contributed by atoms with Gasteiger partial charge in [0.25, 0.3) is 5.91 Å². The molecule has 0 bridgehead atoms. The Kier molecular flexibility index (Phi) is 5.76. The van der Waals surface area contributed by atoms with Crippen molar-refractivity contribution in [2.24, 2.45) is 0 Å². The maximum absolute atomic E-state index is 13.2. The van der Waals surface area contributed by atoms with Crippen LogP contribution in [0.25, 0.3) is 0 Å². The van der Waals surface area contributed by atoms with Crippen molar-refractivity contribution in [3.8, 4) is 5.75 Å². The molecule has 1 aliphatic rings. The van der Waals surface area contributed by atoms with E-state index in [1.807, 2.05) is 0 Å². The van der Waals surface area contributed by atoms with Gasteiger partial charge < -0.3 is 14.8 Å². The lowest BCUT2D eigenvalue weighted by atomic mass is 10.3. The van der Waals surface area contributed by atoms with Crippen molar-refractivity contribution in [2.45, 2.75) is 0 Å². The van der Waals surface area contributed by atoms with E-state index in [9.17, 15) is 9.18 Å². The van der Waals surface area contributed by atoms with E-state index in [1.54, 1.807) is 0 Å². The normalized spacial score (nSPS) is 15.8. The molecule has 1 radical (unpaired) electrons. The van der Waals surface area contributed by atoms with E-state index in [0.29, 0.717) is 6.54 Å². The number of ether oxygens (including phenoxy) is 2. The number of amides is 1. The minimum Gasteiger partial charge on any atom is -0.481 e. The number of halogens is 1. The van der Waals surface area contributed by atoms with Gasteiger partial charge in [-0.2, -0.15) is 0 Å². The first-order valence-corrected chi connectivity index (χ1v) is 6.61. The van der Waals surface area contributed by atoms with E-state index < -0.39 is 5.82 Å². The van der Waals surface area contributed by atoms with Gasteiger partial charge in [-0.15, -0.1) is 0 Å². The fraction of sp³-hybridized carbons (Fsp3) is 0.500. The quantitative estimate of drug-likeness (QED) is 0.823. The lowest BCUT2D eigenvalue weighted by molar-refractivity contribution is -0.123. The van der Waals surface area contributed by atoms with Gasteiger partial charge in [0, 0.05) is 26.2 Å². The zero-order valence-corrected chi connectivity index (χ0v) is 11.2. The van der Waals surface area contributed by atoms with Crippen LogP contribution >= 0.6 is 0 Å². The van der Waals surface area contributed by atoms with Crippen LogP contribution < -0.4 is 10.1 Å². The number of benzene rings is 1. The summed E-state index contributed by atoms with van der Waals surface area (Å²) in [6.45, 7) is 4.39. The number of nitrogens with one attached hydrogen (secondary N) is 1. The highest BCUT2D eigenvalue weighted by Crippen LogP contribution is 2.14. The molecule has 1 amide bonds. The van der Waals surface area contributed by atoms with E-state index in [1.165, 1.54) is 18.2 Å². The molecule has 109 valence electrons. The summed E-state index contributed by atoms with van der Waals surface area (Å²) in [7, 11) is 0. The average molecular weight is 281 g/mol. The number of carbonyl (C=O) groups excluding carboxylic acids is 1. The predicted octanol–water partition coefficient (Wildman–Crippen LogP) is 0.453. The molecule has 0 unspecified atom stereocenters. The zero-order chi connectivity index (χ0) is 14.2. The van der Waals surface area contributed by atoms with Crippen LogP contribution in [0.2, 0.25) is 0 Å². The van der Waals surface area contributed by atoms with E-state index in [2.05, 4.69) is 16.3 Å². The molecule has 2 rings (SSSR count). The first kappa shape index (κ1) is 14.7. The SMILES string of the molecule is O=C(COc1cc[c]cc1F)NCCN1CCOCC1. The van der Waals surface area contributed by atoms with Crippen LogP contribution in [0.3, 0.4) is 0 Å². The topological polar surface area (TPSA) is 50.8 Å². The van der Waals surface area contributed by atoms with Crippen molar-refractivity contribution >= 4 is 5.91 Å². The maximum atomic E-state index is 13.2. The third-order valence-corrected chi connectivity index (χ3v) is 2.99. The second kappa shape index (κ2) is 7.81. The van der Waals surface area contributed by atoms with Crippen LogP contribution in [0, 0.1) is 11.9 Å². The number of hydrogen-bond donors (Lipinski definition) is 1. The van der Waals surface area contributed by atoms with Gasteiger partial charge in [0.05, 0.1) is 13.2 Å². The third-order valence-electron chi connectivity index (χ3n) is 2.99. The van der Waals surface area contributed by atoms with Crippen LogP contribution in [0.4, 0.5) is 4.39 Å². The van der Waals surface area contributed by atoms with Gasteiger partial charge in [-0.1, -0.05) is 6.07 Å². The largest absolute Gasteiger partial charge is 0.481 e. The number of nitrogens with zero attached hydrogens (tertiary/aromatic N) is 1. The molecule has 1 aromatic carbocycles. The Morgan fingerprint density at radius 2 is 2.30 bits per heavy atom. The van der Waals surface area contributed by atoms with Gasteiger partial charge in [0.15, 0.2) is 18.2 Å². The van der Waals surface area contributed by atoms with E-state index in [-0.39, 0.29) is 18.3 Å². The molecule has 0 aliphatic carbocycles. The van der Waals surface area contributed by atoms with Crippen LogP contribution in [0.1, 0.15) is 0 Å². The third kappa shape index (κ3) is 4.79. The fourth-order valence-electron chi connectivity index (χ4n) is 1.89. The molecular weight excluding hydrogens is 263 g/mol.